The first-order valence-corrected chi connectivity index (χ1v) is 12.0. The molecule has 0 saturated heterocycles. The number of hydrogen-bond acceptors (Lipinski definition) is 5. The molecule has 39 heavy (non-hydrogen) atoms. The number of ether oxygens (including phenoxy) is 1. The van der Waals surface area contributed by atoms with E-state index >= 15 is 0 Å². The zero-order valence-corrected chi connectivity index (χ0v) is 20.6. The van der Waals surface area contributed by atoms with Gasteiger partial charge in [-0.05, 0) is 48.4 Å². The van der Waals surface area contributed by atoms with E-state index in [-0.39, 0.29) is 42.5 Å². The van der Waals surface area contributed by atoms with Gasteiger partial charge in [0.25, 0.3) is 5.56 Å². The number of aromatic nitrogens is 3. The van der Waals surface area contributed by atoms with Gasteiger partial charge < -0.3 is 9.72 Å². The summed E-state index contributed by atoms with van der Waals surface area (Å²) >= 11 is 0. The number of aromatic amines is 1. The van der Waals surface area contributed by atoms with Crippen molar-refractivity contribution < 1.29 is 26.7 Å². The predicted molar refractivity (Wildman–Crippen MR) is 134 cm³/mol. The lowest BCUT2D eigenvalue weighted by Gasteiger charge is -2.21. The average Bonchev–Trinajstić information content (AvgIpc) is 3.32. The number of halogens is 5. The SMILES string of the molecule is CCCOc1ccc(-n2ccc(CN3Cc4nc(-c5cccc(F)c5F)[nH]c4C=N3)cc2=O)c(C(F)(F)F)c1. The van der Waals surface area contributed by atoms with Crippen molar-refractivity contribution in [3.63, 3.8) is 0 Å². The molecule has 2 aromatic carbocycles. The molecule has 202 valence electrons. The minimum absolute atomic E-state index is 0.0175. The first-order chi connectivity index (χ1) is 18.6. The number of hydrogen-bond donors (Lipinski definition) is 1. The second-order valence-corrected chi connectivity index (χ2v) is 8.88. The second-order valence-electron chi connectivity index (χ2n) is 8.88. The highest BCUT2D eigenvalue weighted by Gasteiger charge is 2.35. The van der Waals surface area contributed by atoms with Gasteiger partial charge >= 0.3 is 6.18 Å². The Bertz CT molecular complexity index is 1610. The summed E-state index contributed by atoms with van der Waals surface area (Å²) in [5, 5.41) is 5.89. The molecule has 12 heteroatoms. The number of imidazole rings is 1. The van der Waals surface area contributed by atoms with Crippen molar-refractivity contribution in [2.24, 2.45) is 5.10 Å². The van der Waals surface area contributed by atoms with Crippen LogP contribution in [-0.4, -0.2) is 32.4 Å². The fraction of sp³-hybridized carbons (Fsp3) is 0.222. The van der Waals surface area contributed by atoms with Crippen molar-refractivity contribution in [1.29, 1.82) is 0 Å². The zero-order valence-electron chi connectivity index (χ0n) is 20.6. The second kappa shape index (κ2) is 10.4. The molecule has 4 aromatic rings. The molecular formula is C27H22F5N5O2. The minimum Gasteiger partial charge on any atom is -0.494 e. The number of rotatable bonds is 7. The van der Waals surface area contributed by atoms with Gasteiger partial charge in [0.2, 0.25) is 0 Å². The number of nitrogens with zero attached hydrogens (tertiary/aromatic N) is 4. The number of benzene rings is 2. The van der Waals surface area contributed by atoms with Crippen LogP contribution in [0.3, 0.4) is 0 Å². The third kappa shape index (κ3) is 5.40. The largest absolute Gasteiger partial charge is 0.494 e. The van der Waals surface area contributed by atoms with Crippen LogP contribution in [0.5, 0.6) is 5.75 Å². The summed E-state index contributed by atoms with van der Waals surface area (Å²) in [5.41, 5.74) is -0.370. The summed E-state index contributed by atoms with van der Waals surface area (Å²) in [4.78, 5) is 20.1. The smallest absolute Gasteiger partial charge is 0.418 e. The van der Waals surface area contributed by atoms with Crippen molar-refractivity contribution in [3.05, 3.63) is 99.2 Å². The number of H-pyrrole nitrogens is 1. The number of fused-ring (bicyclic) bond motifs is 1. The fourth-order valence-corrected chi connectivity index (χ4v) is 4.20. The Balaban J connectivity index is 1.35. The lowest BCUT2D eigenvalue weighted by molar-refractivity contribution is -0.137. The minimum atomic E-state index is -4.70. The zero-order chi connectivity index (χ0) is 27.7. The lowest BCUT2D eigenvalue weighted by Crippen LogP contribution is -2.24. The summed E-state index contributed by atoms with van der Waals surface area (Å²) in [6.07, 6.45) is -1.30. The van der Waals surface area contributed by atoms with Crippen LogP contribution < -0.4 is 10.3 Å². The summed E-state index contributed by atoms with van der Waals surface area (Å²) < 4.78 is 75.4. The standard InChI is InChI=1S/C27H22F5N5O2/c1-2-10-39-17-6-7-23(19(12-17)27(30,31)32)37-9-8-16(11-24(37)38)14-36-15-22-21(13-33-36)34-26(35-22)18-4-3-5-20(28)25(18)29/h3-9,11-13H,2,10,14-15H2,1H3,(H,34,35). The number of pyridine rings is 1. The lowest BCUT2D eigenvalue weighted by atomic mass is 10.1. The Kier molecular flexibility index (Phi) is 6.94. The maximum Gasteiger partial charge on any atom is 0.418 e. The number of nitrogens with one attached hydrogen (secondary N) is 1. The third-order valence-corrected chi connectivity index (χ3v) is 6.05. The van der Waals surface area contributed by atoms with E-state index in [4.69, 9.17) is 4.74 Å². The average molecular weight is 543 g/mol. The number of hydrazone groups is 1. The van der Waals surface area contributed by atoms with Gasteiger partial charge in [0.1, 0.15) is 11.6 Å². The third-order valence-electron chi connectivity index (χ3n) is 6.05. The van der Waals surface area contributed by atoms with Gasteiger partial charge in [-0.25, -0.2) is 13.8 Å². The molecule has 2 aromatic heterocycles. The van der Waals surface area contributed by atoms with Crippen molar-refractivity contribution >= 4 is 6.21 Å². The Labute approximate surface area is 219 Å². The maximum absolute atomic E-state index is 14.2. The van der Waals surface area contributed by atoms with Crippen LogP contribution >= 0.6 is 0 Å². The van der Waals surface area contributed by atoms with Crippen molar-refractivity contribution in [2.75, 3.05) is 6.61 Å². The van der Waals surface area contributed by atoms with E-state index in [0.717, 1.165) is 16.7 Å². The molecule has 0 spiro atoms. The van der Waals surface area contributed by atoms with Crippen LogP contribution in [0.4, 0.5) is 22.0 Å². The Morgan fingerprint density at radius 1 is 1.10 bits per heavy atom. The van der Waals surface area contributed by atoms with Crippen LogP contribution in [0.1, 0.15) is 35.9 Å². The molecule has 5 rings (SSSR count). The maximum atomic E-state index is 14.2. The van der Waals surface area contributed by atoms with Crippen LogP contribution in [0.15, 0.2) is 64.6 Å². The molecule has 0 radical (unpaired) electrons. The molecule has 0 fully saturated rings. The van der Waals surface area contributed by atoms with Gasteiger partial charge in [0.05, 0.1) is 54.1 Å². The van der Waals surface area contributed by atoms with E-state index in [1.807, 2.05) is 6.92 Å². The van der Waals surface area contributed by atoms with Crippen LogP contribution in [0, 0.1) is 11.6 Å². The van der Waals surface area contributed by atoms with Crippen molar-refractivity contribution in [1.82, 2.24) is 19.5 Å². The fourth-order valence-electron chi connectivity index (χ4n) is 4.20. The normalized spacial score (nSPS) is 13.0. The van der Waals surface area contributed by atoms with Crippen molar-refractivity contribution in [2.45, 2.75) is 32.6 Å². The molecule has 0 aliphatic carbocycles. The predicted octanol–water partition coefficient (Wildman–Crippen LogP) is 5.66. The van der Waals surface area contributed by atoms with E-state index < -0.39 is 28.9 Å². The summed E-state index contributed by atoms with van der Waals surface area (Å²) in [6, 6.07) is 10.1. The monoisotopic (exact) mass is 543 g/mol. The molecule has 1 aliphatic heterocycles. The van der Waals surface area contributed by atoms with Gasteiger partial charge in [0, 0.05) is 12.3 Å². The highest BCUT2D eigenvalue weighted by molar-refractivity contribution is 5.80. The Morgan fingerprint density at radius 2 is 1.92 bits per heavy atom. The van der Waals surface area contributed by atoms with Crippen LogP contribution in [-0.2, 0) is 19.3 Å². The highest BCUT2D eigenvalue weighted by Crippen LogP contribution is 2.36. The van der Waals surface area contributed by atoms with E-state index in [0.29, 0.717) is 23.4 Å². The molecule has 0 unspecified atom stereocenters. The molecule has 0 saturated carbocycles. The van der Waals surface area contributed by atoms with Gasteiger partial charge in [-0.1, -0.05) is 13.0 Å². The van der Waals surface area contributed by atoms with Crippen LogP contribution in [0.25, 0.3) is 17.1 Å². The Hall–Kier alpha value is -4.48. The quantitative estimate of drug-likeness (QED) is 0.305. The molecule has 3 heterocycles. The molecular weight excluding hydrogens is 521 g/mol. The summed E-state index contributed by atoms with van der Waals surface area (Å²) in [5.74, 6) is -1.79. The Morgan fingerprint density at radius 3 is 2.67 bits per heavy atom. The molecule has 0 amide bonds. The first-order valence-electron chi connectivity index (χ1n) is 12.0. The van der Waals surface area contributed by atoms with E-state index in [1.165, 1.54) is 48.8 Å². The van der Waals surface area contributed by atoms with Crippen molar-refractivity contribution in [3.8, 4) is 22.8 Å². The van der Waals surface area contributed by atoms with Gasteiger partial charge in [-0.2, -0.15) is 18.3 Å². The summed E-state index contributed by atoms with van der Waals surface area (Å²) in [7, 11) is 0. The van der Waals surface area contributed by atoms with Gasteiger partial charge in [0.15, 0.2) is 11.6 Å². The van der Waals surface area contributed by atoms with E-state index in [2.05, 4.69) is 15.1 Å². The number of alkyl halides is 3. The van der Waals surface area contributed by atoms with Crippen LogP contribution in [0.2, 0.25) is 0 Å². The molecule has 7 nitrogen and oxygen atoms in total. The highest BCUT2D eigenvalue weighted by atomic mass is 19.4. The van der Waals surface area contributed by atoms with Gasteiger partial charge in [-0.15, -0.1) is 0 Å². The van der Waals surface area contributed by atoms with E-state index in [9.17, 15) is 26.7 Å². The van der Waals surface area contributed by atoms with Gasteiger partial charge in [-0.3, -0.25) is 14.4 Å². The molecule has 1 N–H and O–H groups in total. The first kappa shape index (κ1) is 26.1. The van der Waals surface area contributed by atoms with E-state index in [1.54, 1.807) is 5.01 Å². The molecule has 0 bridgehead atoms. The molecule has 1 aliphatic rings. The summed E-state index contributed by atoms with van der Waals surface area (Å²) in [6.45, 7) is 2.49. The topological polar surface area (TPSA) is 75.5 Å². The molecule has 0 atom stereocenters.